The number of nitrogens with two attached hydrogens (primary N) is 1. The summed E-state index contributed by atoms with van der Waals surface area (Å²) in [6, 6.07) is -0.733. The van der Waals surface area contributed by atoms with Crippen molar-refractivity contribution in [2.45, 2.75) is 128 Å². The van der Waals surface area contributed by atoms with Crippen LogP contribution in [-0.4, -0.2) is 156 Å². The Morgan fingerprint density at radius 1 is 0.611 bits per heavy atom. The summed E-state index contributed by atoms with van der Waals surface area (Å²) < 4.78 is 0. The number of amides is 7. The maximum Gasteiger partial charge on any atom is 0.326 e. The number of aromatic hydroxyl groups is 1. The van der Waals surface area contributed by atoms with Crippen molar-refractivity contribution < 1.29 is 78.6 Å². The van der Waals surface area contributed by atoms with Crippen molar-refractivity contribution in [3.63, 3.8) is 0 Å². The number of aliphatic hydroxyl groups is 2. The number of phenolic OH excluding ortho intramolecular Hbond substituents is 1. The third kappa shape index (κ3) is 17.6. The third-order valence-corrected chi connectivity index (χ3v) is 11.7. The molecule has 1 heterocycles. The number of carbonyl (C=O) groups is 10. The smallest absolute Gasteiger partial charge is 0.326 e. The molecule has 72 heavy (non-hydrogen) atoms. The van der Waals surface area contributed by atoms with Gasteiger partial charge in [0.2, 0.25) is 41.4 Å². The summed E-state index contributed by atoms with van der Waals surface area (Å²) in [4.78, 5) is 135. The molecule has 0 aliphatic carbocycles. The van der Waals surface area contributed by atoms with Crippen molar-refractivity contribution >= 4 is 70.2 Å². The molecule has 1 aromatic heterocycles. The number of aromatic nitrogens is 1. The van der Waals surface area contributed by atoms with Crippen LogP contribution in [0.2, 0.25) is 0 Å². The Hall–Kier alpha value is -7.64. The lowest BCUT2D eigenvalue weighted by Crippen LogP contribution is -2.62. The number of carboxylic acids is 3. The van der Waals surface area contributed by atoms with Crippen molar-refractivity contribution in [1.29, 1.82) is 0 Å². The lowest BCUT2D eigenvalue weighted by molar-refractivity contribution is -0.144. The lowest BCUT2D eigenvalue weighted by atomic mass is 9.97. The fourth-order valence-electron chi connectivity index (χ4n) is 7.21. The molecule has 25 heteroatoms. The number of benzene rings is 2. The van der Waals surface area contributed by atoms with Crippen molar-refractivity contribution in [2.24, 2.45) is 17.6 Å². The van der Waals surface area contributed by atoms with Gasteiger partial charge in [-0.3, -0.25) is 43.2 Å². The molecule has 0 fully saturated rings. The summed E-state index contributed by atoms with van der Waals surface area (Å²) in [5.41, 5.74) is 7.17. The Labute approximate surface area is 413 Å². The number of carbonyl (C=O) groups excluding carboxylic acids is 7. The number of aliphatic carboxylic acids is 3. The van der Waals surface area contributed by atoms with E-state index in [1.807, 2.05) is 0 Å². The molecule has 10 atom stereocenters. The number of aliphatic hydroxyl groups excluding tert-OH is 2. The average molecular weight is 1010 g/mol. The molecule has 0 unspecified atom stereocenters. The molecule has 7 amide bonds. The number of aromatic amines is 1. The zero-order chi connectivity index (χ0) is 54.0. The van der Waals surface area contributed by atoms with Crippen LogP contribution in [0.3, 0.4) is 0 Å². The second-order valence-corrected chi connectivity index (χ2v) is 17.7. The van der Waals surface area contributed by atoms with E-state index < -0.39 is 151 Å². The molecule has 25 nitrogen and oxygen atoms in total. The molecule has 16 N–H and O–H groups in total. The number of hydrogen-bond donors (Lipinski definition) is 15. The van der Waals surface area contributed by atoms with Gasteiger partial charge in [0.05, 0.1) is 19.1 Å². The fraction of sp³-hybridized carbons (Fsp3) is 0.489. The fourth-order valence-corrected chi connectivity index (χ4v) is 7.21. The van der Waals surface area contributed by atoms with E-state index in [9.17, 15) is 78.6 Å². The highest BCUT2D eigenvalue weighted by Gasteiger charge is 2.37. The third-order valence-electron chi connectivity index (χ3n) is 11.7. The van der Waals surface area contributed by atoms with Crippen LogP contribution in [0.1, 0.15) is 71.4 Å². The SMILES string of the molecule is CC[C@H](C)[C@H](NC(=O)[C@@H](NC(=O)[C@H](Cc1ccc(O)cc1)NC(=O)[C@H](CC(=O)O)NC(=O)[C@H](CO)NC(=O)[C@H](Cc1c[nH]c2ccccc12)NC(=O)[C@H](CCC(=O)O)NC(=O)[C@@H](N)[C@@H](C)O)C(C)C)C(=O)O. The molecule has 3 aromatic rings. The Balaban J connectivity index is 1.94. The first kappa shape index (κ1) is 58.7. The molecule has 0 saturated heterocycles. The van der Waals surface area contributed by atoms with E-state index in [1.165, 1.54) is 37.4 Å². The van der Waals surface area contributed by atoms with E-state index in [0.717, 1.165) is 0 Å². The van der Waals surface area contributed by atoms with E-state index >= 15 is 0 Å². The minimum absolute atomic E-state index is 0.140. The van der Waals surface area contributed by atoms with E-state index in [0.29, 0.717) is 28.5 Å². The van der Waals surface area contributed by atoms with E-state index in [2.05, 4.69) is 42.2 Å². The molecular formula is C47H65N9O16. The zero-order valence-electron chi connectivity index (χ0n) is 40.3. The summed E-state index contributed by atoms with van der Waals surface area (Å²) in [5, 5.41) is 76.1. The van der Waals surface area contributed by atoms with Crippen molar-refractivity contribution in [3.05, 3.63) is 65.9 Å². The van der Waals surface area contributed by atoms with Gasteiger partial charge < -0.3 is 78.6 Å². The topological polar surface area (TPSA) is 418 Å². The summed E-state index contributed by atoms with van der Waals surface area (Å²) >= 11 is 0. The molecule has 0 radical (unpaired) electrons. The molecule has 394 valence electrons. The molecule has 0 aliphatic rings. The van der Waals surface area contributed by atoms with Crippen molar-refractivity contribution in [2.75, 3.05) is 6.61 Å². The normalized spacial score (nSPS) is 15.4. The van der Waals surface area contributed by atoms with E-state index in [-0.39, 0.29) is 18.6 Å². The number of H-pyrrole nitrogens is 1. The van der Waals surface area contributed by atoms with Gasteiger partial charge in [-0.1, -0.05) is 64.4 Å². The maximum absolute atomic E-state index is 14.1. The molecule has 0 bridgehead atoms. The predicted molar refractivity (Wildman–Crippen MR) is 255 cm³/mol. The summed E-state index contributed by atoms with van der Waals surface area (Å²) in [6.45, 7) is 6.53. The molecule has 2 aromatic carbocycles. The first-order valence-electron chi connectivity index (χ1n) is 23.0. The first-order chi connectivity index (χ1) is 33.9. The van der Waals surface area contributed by atoms with Gasteiger partial charge in [-0.2, -0.15) is 0 Å². The number of phenols is 1. The molecule has 0 aliphatic heterocycles. The van der Waals surface area contributed by atoms with Gasteiger partial charge in [0.1, 0.15) is 54.1 Å². The highest BCUT2D eigenvalue weighted by Crippen LogP contribution is 2.20. The van der Waals surface area contributed by atoms with Crippen LogP contribution in [0.25, 0.3) is 10.9 Å². The number of carboxylic acid groups (broad SMARTS) is 3. The van der Waals surface area contributed by atoms with Crippen LogP contribution in [-0.2, 0) is 60.8 Å². The summed E-state index contributed by atoms with van der Waals surface area (Å²) in [5.74, 6) is -13.2. The predicted octanol–water partition coefficient (Wildman–Crippen LogP) is -2.12. The van der Waals surface area contributed by atoms with Gasteiger partial charge in [0.25, 0.3) is 0 Å². The highest BCUT2D eigenvalue weighted by molar-refractivity contribution is 5.99. The van der Waals surface area contributed by atoms with Crippen LogP contribution in [0.5, 0.6) is 5.75 Å². The molecular weight excluding hydrogens is 947 g/mol. The number of hydrogen-bond acceptors (Lipinski definition) is 14. The van der Waals surface area contributed by atoms with Gasteiger partial charge in [0, 0.05) is 36.4 Å². The van der Waals surface area contributed by atoms with Crippen molar-refractivity contribution in [3.8, 4) is 5.75 Å². The van der Waals surface area contributed by atoms with Gasteiger partial charge in [-0.25, -0.2) is 4.79 Å². The Morgan fingerprint density at radius 2 is 1.12 bits per heavy atom. The quantitative estimate of drug-likeness (QED) is 0.0353. The van der Waals surface area contributed by atoms with Gasteiger partial charge in [-0.15, -0.1) is 0 Å². The molecule has 0 saturated carbocycles. The van der Waals surface area contributed by atoms with Crippen LogP contribution in [0.4, 0.5) is 0 Å². The highest BCUT2D eigenvalue weighted by atomic mass is 16.4. The summed E-state index contributed by atoms with van der Waals surface area (Å²) in [6.07, 6.45) is -2.32. The second-order valence-electron chi connectivity index (χ2n) is 17.7. The van der Waals surface area contributed by atoms with Crippen LogP contribution < -0.4 is 43.0 Å². The Morgan fingerprint density at radius 3 is 1.68 bits per heavy atom. The number of para-hydroxylation sites is 1. The van der Waals surface area contributed by atoms with Gasteiger partial charge in [-0.05, 0) is 54.5 Å². The largest absolute Gasteiger partial charge is 0.508 e. The monoisotopic (exact) mass is 1010 g/mol. The van der Waals surface area contributed by atoms with Crippen LogP contribution in [0, 0.1) is 11.8 Å². The Bertz CT molecular complexity index is 2410. The first-order valence-corrected chi connectivity index (χ1v) is 23.0. The average Bonchev–Trinajstić information content (AvgIpc) is 3.73. The summed E-state index contributed by atoms with van der Waals surface area (Å²) in [7, 11) is 0. The van der Waals surface area contributed by atoms with E-state index in [1.54, 1.807) is 52.0 Å². The van der Waals surface area contributed by atoms with Gasteiger partial charge in [0.15, 0.2) is 0 Å². The standard InChI is InChI=1S/C47H65N9O16/c1-6-23(4)39(47(71)72)56-46(70)38(22(2)3)55-43(67)31(17-25-11-13-27(59)14-12-25)51-42(66)33(19-36(62)63)53-44(68)34(21-57)54-41(65)32(18-26-20-49-29-10-8-7-9-28(26)29)52-40(64)30(15-16-35(60)61)50-45(69)37(48)24(5)58/h7-14,20,22-24,30-34,37-39,49,57-59H,6,15-19,21,48H2,1-5H3,(H,50,69)(H,51,66)(H,52,64)(H,53,68)(H,54,65)(H,55,67)(H,56,70)(H,60,61)(H,62,63)(H,71,72)/t23-,24+,30-,31-,32-,33-,34-,37-,38-,39-/m0/s1. The maximum atomic E-state index is 14.1. The van der Waals surface area contributed by atoms with Gasteiger partial charge >= 0.3 is 17.9 Å². The van der Waals surface area contributed by atoms with E-state index in [4.69, 9.17) is 5.73 Å². The number of rotatable bonds is 29. The Kier molecular flexibility index (Phi) is 22.6. The second kappa shape index (κ2) is 27.7. The van der Waals surface area contributed by atoms with Crippen LogP contribution in [0.15, 0.2) is 54.7 Å². The molecule has 0 spiro atoms. The zero-order valence-corrected chi connectivity index (χ0v) is 40.3. The minimum atomic E-state index is -2.00. The van der Waals surface area contributed by atoms with Crippen molar-refractivity contribution in [1.82, 2.24) is 42.2 Å². The molecule has 3 rings (SSSR count). The minimum Gasteiger partial charge on any atom is -0.508 e. The van der Waals surface area contributed by atoms with Crippen LogP contribution >= 0.6 is 0 Å². The lowest BCUT2D eigenvalue weighted by Gasteiger charge is -2.29. The number of fused-ring (bicyclic) bond motifs is 1. The number of nitrogens with one attached hydrogen (secondary N) is 8.